The van der Waals surface area contributed by atoms with E-state index in [1.165, 1.54) is 5.52 Å². The van der Waals surface area contributed by atoms with Crippen LogP contribution in [0, 0.1) is 12.3 Å². The molecule has 0 atom stereocenters. The quantitative estimate of drug-likeness (QED) is 0.626. The topological polar surface area (TPSA) is 29.9 Å². The fourth-order valence-corrected chi connectivity index (χ4v) is 1.87. The maximum Gasteiger partial charge on any atom is 0.123 e. The molecule has 2 rings (SSSR count). The lowest BCUT2D eigenvalue weighted by molar-refractivity contribution is 0.623. The minimum Gasteiger partial charge on any atom is -0.330 e. The van der Waals surface area contributed by atoms with Crippen LogP contribution in [0.25, 0.3) is 11.0 Å². The Balaban J connectivity index is 1.99. The first-order valence-electron chi connectivity index (χ1n) is 5.87. The smallest absolute Gasteiger partial charge is 0.123 e. The second kappa shape index (κ2) is 5.51. The summed E-state index contributed by atoms with van der Waals surface area (Å²) >= 11 is 0. The molecule has 88 valence electrons. The number of rotatable bonds is 5. The van der Waals surface area contributed by atoms with Crippen molar-refractivity contribution < 1.29 is 0 Å². The molecule has 1 aromatic carbocycles. The van der Waals surface area contributed by atoms with Crippen molar-refractivity contribution in [2.24, 2.45) is 7.05 Å². The molecule has 3 nitrogen and oxygen atoms in total. The number of hydrogen-bond donors (Lipinski definition) is 1. The molecule has 0 bridgehead atoms. The van der Waals surface area contributed by atoms with Crippen LogP contribution in [-0.4, -0.2) is 16.1 Å². The lowest BCUT2D eigenvalue weighted by Crippen LogP contribution is -2.17. The maximum atomic E-state index is 5.20. The van der Waals surface area contributed by atoms with Gasteiger partial charge in [-0.15, -0.1) is 12.3 Å². The summed E-state index contributed by atoms with van der Waals surface area (Å²) in [4.78, 5) is 4.59. The number of aryl methyl sites for hydroxylation is 1. The van der Waals surface area contributed by atoms with Crippen LogP contribution in [0.5, 0.6) is 0 Å². The first kappa shape index (κ1) is 11.7. The van der Waals surface area contributed by atoms with Gasteiger partial charge in [0, 0.05) is 13.5 Å². The highest BCUT2D eigenvalue weighted by molar-refractivity contribution is 5.75. The van der Waals surface area contributed by atoms with Gasteiger partial charge >= 0.3 is 0 Å². The van der Waals surface area contributed by atoms with Crippen LogP contribution in [0.2, 0.25) is 0 Å². The Morgan fingerprint density at radius 3 is 3.00 bits per heavy atom. The number of nitrogens with one attached hydrogen (secondary N) is 1. The van der Waals surface area contributed by atoms with Crippen molar-refractivity contribution in [2.45, 2.75) is 19.4 Å². The highest BCUT2D eigenvalue weighted by atomic mass is 15.1. The van der Waals surface area contributed by atoms with Gasteiger partial charge in [0.15, 0.2) is 0 Å². The number of imidazole rings is 1. The van der Waals surface area contributed by atoms with Gasteiger partial charge in [-0.05, 0) is 25.1 Å². The second-order valence-electron chi connectivity index (χ2n) is 4.06. The number of nitrogens with zero attached hydrogens (tertiary/aromatic N) is 2. The van der Waals surface area contributed by atoms with Crippen LogP contribution in [0.3, 0.4) is 0 Å². The molecule has 0 radical (unpaired) electrons. The summed E-state index contributed by atoms with van der Waals surface area (Å²) in [6, 6.07) is 8.18. The van der Waals surface area contributed by atoms with Crippen molar-refractivity contribution in [1.29, 1.82) is 0 Å². The van der Waals surface area contributed by atoms with Crippen molar-refractivity contribution in [3.63, 3.8) is 0 Å². The number of unbranched alkanes of at least 4 members (excludes halogenated alkanes) is 1. The van der Waals surface area contributed by atoms with E-state index in [4.69, 9.17) is 6.42 Å². The normalized spacial score (nSPS) is 10.6. The van der Waals surface area contributed by atoms with Crippen molar-refractivity contribution in [1.82, 2.24) is 14.9 Å². The maximum absolute atomic E-state index is 5.20. The summed E-state index contributed by atoms with van der Waals surface area (Å²) in [5, 5.41) is 3.36. The van der Waals surface area contributed by atoms with Gasteiger partial charge in [0.1, 0.15) is 5.82 Å². The molecule has 0 amide bonds. The number of benzene rings is 1. The lowest BCUT2D eigenvalue weighted by Gasteiger charge is -2.03. The zero-order valence-corrected chi connectivity index (χ0v) is 10.1. The van der Waals surface area contributed by atoms with E-state index in [1.807, 2.05) is 25.2 Å². The van der Waals surface area contributed by atoms with Crippen LogP contribution in [0.15, 0.2) is 24.3 Å². The molecule has 0 fully saturated rings. The van der Waals surface area contributed by atoms with Gasteiger partial charge in [0.05, 0.1) is 17.6 Å². The number of terminal acetylenes is 1. The zero-order valence-electron chi connectivity index (χ0n) is 10.1. The number of aromatic nitrogens is 2. The van der Waals surface area contributed by atoms with E-state index in [0.29, 0.717) is 0 Å². The van der Waals surface area contributed by atoms with Gasteiger partial charge in [-0.3, -0.25) is 0 Å². The zero-order chi connectivity index (χ0) is 12.1. The summed E-state index contributed by atoms with van der Waals surface area (Å²) in [5.41, 5.74) is 2.23. The van der Waals surface area contributed by atoms with Gasteiger partial charge in [-0.1, -0.05) is 12.1 Å². The number of para-hydroxylation sites is 2. The Bertz CT molecular complexity index is 534. The first-order chi connectivity index (χ1) is 8.33. The summed E-state index contributed by atoms with van der Waals surface area (Å²) in [6.07, 6.45) is 7.05. The lowest BCUT2D eigenvalue weighted by atomic mass is 10.3. The standard InChI is InChI=1S/C14H17N3/c1-3-4-7-10-15-11-14-16-12-8-5-6-9-13(12)17(14)2/h1,5-6,8-9,15H,4,7,10-11H2,2H3. The minimum atomic E-state index is 0.787. The molecule has 2 aromatic rings. The Hall–Kier alpha value is -1.79. The minimum absolute atomic E-state index is 0.787. The molecular formula is C14H17N3. The van der Waals surface area contributed by atoms with Crippen LogP contribution in [0.4, 0.5) is 0 Å². The Morgan fingerprint density at radius 2 is 2.24 bits per heavy atom. The first-order valence-corrected chi connectivity index (χ1v) is 5.87. The van der Waals surface area contributed by atoms with E-state index in [1.54, 1.807) is 0 Å². The fourth-order valence-electron chi connectivity index (χ4n) is 1.87. The third-order valence-corrected chi connectivity index (χ3v) is 2.84. The van der Waals surface area contributed by atoms with Crippen LogP contribution < -0.4 is 5.32 Å². The molecule has 0 aliphatic heterocycles. The average Bonchev–Trinajstić information content (AvgIpc) is 2.67. The summed E-state index contributed by atoms with van der Waals surface area (Å²) in [7, 11) is 2.05. The van der Waals surface area contributed by atoms with Crippen molar-refractivity contribution in [2.75, 3.05) is 6.54 Å². The van der Waals surface area contributed by atoms with Gasteiger partial charge in [-0.2, -0.15) is 0 Å². The summed E-state index contributed by atoms with van der Waals surface area (Å²) in [5.74, 6) is 3.70. The van der Waals surface area contributed by atoms with Gasteiger partial charge in [-0.25, -0.2) is 4.98 Å². The molecule has 1 heterocycles. The van der Waals surface area contributed by atoms with Crippen LogP contribution >= 0.6 is 0 Å². The average molecular weight is 227 g/mol. The van der Waals surface area contributed by atoms with E-state index in [2.05, 4.69) is 26.9 Å². The van der Waals surface area contributed by atoms with E-state index >= 15 is 0 Å². The van der Waals surface area contributed by atoms with Gasteiger partial charge in [0.25, 0.3) is 0 Å². The molecule has 0 unspecified atom stereocenters. The monoisotopic (exact) mass is 227 g/mol. The van der Waals surface area contributed by atoms with Gasteiger partial charge in [0.2, 0.25) is 0 Å². The summed E-state index contributed by atoms with van der Waals surface area (Å²) < 4.78 is 2.13. The van der Waals surface area contributed by atoms with Crippen LogP contribution in [-0.2, 0) is 13.6 Å². The highest BCUT2D eigenvalue weighted by Crippen LogP contribution is 2.13. The Morgan fingerprint density at radius 1 is 1.41 bits per heavy atom. The number of fused-ring (bicyclic) bond motifs is 1. The molecule has 0 saturated carbocycles. The van der Waals surface area contributed by atoms with Crippen molar-refractivity contribution in [3.05, 3.63) is 30.1 Å². The van der Waals surface area contributed by atoms with E-state index in [0.717, 1.165) is 37.3 Å². The number of hydrogen-bond acceptors (Lipinski definition) is 2. The van der Waals surface area contributed by atoms with Crippen molar-refractivity contribution in [3.8, 4) is 12.3 Å². The highest BCUT2D eigenvalue weighted by Gasteiger charge is 2.05. The SMILES string of the molecule is C#CCCCNCc1nc2ccccc2n1C. The third-order valence-electron chi connectivity index (χ3n) is 2.84. The van der Waals surface area contributed by atoms with E-state index in [9.17, 15) is 0 Å². The predicted octanol–water partition coefficient (Wildman–Crippen LogP) is 2.08. The predicted molar refractivity (Wildman–Crippen MR) is 70.5 cm³/mol. The van der Waals surface area contributed by atoms with Crippen molar-refractivity contribution >= 4 is 11.0 Å². The molecule has 1 aromatic heterocycles. The molecule has 0 spiro atoms. The molecule has 0 aliphatic rings. The van der Waals surface area contributed by atoms with E-state index < -0.39 is 0 Å². The largest absolute Gasteiger partial charge is 0.330 e. The molecule has 17 heavy (non-hydrogen) atoms. The molecule has 1 N–H and O–H groups in total. The third kappa shape index (κ3) is 2.66. The fraction of sp³-hybridized carbons (Fsp3) is 0.357. The molecule has 0 aliphatic carbocycles. The van der Waals surface area contributed by atoms with E-state index in [-0.39, 0.29) is 0 Å². The second-order valence-corrected chi connectivity index (χ2v) is 4.06. The Labute approximate surface area is 102 Å². The molecule has 3 heteroatoms. The molecular weight excluding hydrogens is 210 g/mol. The van der Waals surface area contributed by atoms with Crippen LogP contribution in [0.1, 0.15) is 18.7 Å². The summed E-state index contributed by atoms with van der Waals surface area (Å²) in [6.45, 7) is 1.73. The Kier molecular flexibility index (Phi) is 3.79. The van der Waals surface area contributed by atoms with Gasteiger partial charge < -0.3 is 9.88 Å². The molecule has 0 saturated heterocycles.